The van der Waals surface area contributed by atoms with Crippen LogP contribution in [0.5, 0.6) is 0 Å². The van der Waals surface area contributed by atoms with E-state index in [0.717, 1.165) is 13.0 Å². The molecule has 0 aromatic heterocycles. The van der Waals surface area contributed by atoms with Crippen molar-refractivity contribution >= 4 is 17.3 Å². The topological polar surface area (TPSA) is 66.6 Å². The van der Waals surface area contributed by atoms with Crippen LogP contribution in [0.25, 0.3) is 0 Å². The van der Waals surface area contributed by atoms with Gasteiger partial charge in [0.05, 0.1) is 11.4 Å². The molecule has 0 fully saturated rings. The van der Waals surface area contributed by atoms with Gasteiger partial charge in [0.2, 0.25) is 0 Å². The maximum Gasteiger partial charge on any atom is 0.340 e. The molecule has 0 saturated heterocycles. The Balaban J connectivity index is 3.24. The van der Waals surface area contributed by atoms with Crippen molar-refractivity contribution in [3.63, 3.8) is 0 Å². The number of rotatable bonds is 6. The van der Waals surface area contributed by atoms with Crippen molar-refractivity contribution in [2.45, 2.75) is 27.2 Å². The molecule has 1 aromatic carbocycles. The summed E-state index contributed by atoms with van der Waals surface area (Å²) in [6.45, 7) is 7.48. The Morgan fingerprint density at radius 3 is 2.58 bits per heavy atom. The molecular formula is C14H21FN2O2. The first-order valence-corrected chi connectivity index (χ1v) is 6.48. The van der Waals surface area contributed by atoms with Crippen molar-refractivity contribution in [3.8, 4) is 0 Å². The molecule has 0 amide bonds. The summed E-state index contributed by atoms with van der Waals surface area (Å²) >= 11 is 0. The molecular weight excluding hydrogens is 247 g/mol. The molecule has 0 spiro atoms. The predicted octanol–water partition coefficient (Wildman–Crippen LogP) is 2.98. The summed E-state index contributed by atoms with van der Waals surface area (Å²) in [6, 6.07) is 2.71. The van der Waals surface area contributed by atoms with Crippen molar-refractivity contribution < 1.29 is 14.3 Å². The SMILES string of the molecule is CCC(C)CN(CC)c1ccc(F)c(N)c1C(=O)O. The van der Waals surface area contributed by atoms with Crippen molar-refractivity contribution in [3.05, 3.63) is 23.5 Å². The predicted molar refractivity (Wildman–Crippen MR) is 75.1 cm³/mol. The minimum absolute atomic E-state index is 0.148. The number of aromatic carboxylic acids is 1. The molecule has 0 heterocycles. The van der Waals surface area contributed by atoms with Gasteiger partial charge in [-0.3, -0.25) is 0 Å². The van der Waals surface area contributed by atoms with E-state index in [1.165, 1.54) is 12.1 Å². The third kappa shape index (κ3) is 3.36. The zero-order chi connectivity index (χ0) is 14.6. The number of hydrogen-bond acceptors (Lipinski definition) is 3. The molecule has 1 unspecified atom stereocenters. The highest BCUT2D eigenvalue weighted by atomic mass is 19.1. The lowest BCUT2D eigenvalue weighted by Gasteiger charge is -2.28. The summed E-state index contributed by atoms with van der Waals surface area (Å²) < 4.78 is 13.4. The van der Waals surface area contributed by atoms with Crippen molar-refractivity contribution in [1.82, 2.24) is 0 Å². The number of halogens is 1. The molecule has 0 bridgehead atoms. The number of carbonyl (C=O) groups is 1. The Kier molecular flexibility index (Phi) is 5.15. The summed E-state index contributed by atoms with van der Waals surface area (Å²) in [5, 5.41) is 9.23. The molecule has 4 nitrogen and oxygen atoms in total. The first-order valence-electron chi connectivity index (χ1n) is 6.48. The molecule has 1 atom stereocenters. The third-order valence-electron chi connectivity index (χ3n) is 3.34. The lowest BCUT2D eigenvalue weighted by Crippen LogP contribution is -2.30. The minimum atomic E-state index is -1.20. The molecule has 5 heteroatoms. The second-order valence-corrected chi connectivity index (χ2v) is 4.71. The van der Waals surface area contributed by atoms with Gasteiger partial charge in [0.15, 0.2) is 0 Å². The van der Waals surface area contributed by atoms with Crippen LogP contribution in [0.15, 0.2) is 12.1 Å². The average molecular weight is 268 g/mol. The quantitative estimate of drug-likeness (QED) is 0.778. The van der Waals surface area contributed by atoms with Crippen LogP contribution in [0.4, 0.5) is 15.8 Å². The van der Waals surface area contributed by atoms with Gasteiger partial charge >= 0.3 is 5.97 Å². The average Bonchev–Trinajstić information content (AvgIpc) is 2.38. The summed E-state index contributed by atoms with van der Waals surface area (Å²) in [4.78, 5) is 13.2. The number of nitrogen functional groups attached to an aromatic ring is 1. The van der Waals surface area contributed by atoms with Gasteiger partial charge in [-0.1, -0.05) is 20.3 Å². The van der Waals surface area contributed by atoms with Gasteiger partial charge < -0.3 is 15.7 Å². The van der Waals surface area contributed by atoms with E-state index in [9.17, 15) is 14.3 Å². The number of hydrogen-bond donors (Lipinski definition) is 2. The Hall–Kier alpha value is -1.78. The first-order chi connectivity index (χ1) is 8.92. The van der Waals surface area contributed by atoms with E-state index >= 15 is 0 Å². The van der Waals surface area contributed by atoms with E-state index < -0.39 is 11.8 Å². The molecule has 106 valence electrons. The second kappa shape index (κ2) is 6.41. The lowest BCUT2D eigenvalue weighted by atomic mass is 10.1. The number of carboxylic acids is 1. The Morgan fingerprint density at radius 1 is 1.47 bits per heavy atom. The first kappa shape index (κ1) is 15.3. The van der Waals surface area contributed by atoms with E-state index in [2.05, 4.69) is 13.8 Å². The van der Waals surface area contributed by atoms with E-state index in [1.54, 1.807) is 0 Å². The molecule has 0 saturated carbocycles. The fourth-order valence-corrected chi connectivity index (χ4v) is 1.97. The summed E-state index contributed by atoms with van der Waals surface area (Å²) in [7, 11) is 0. The number of benzene rings is 1. The molecule has 0 radical (unpaired) electrons. The van der Waals surface area contributed by atoms with Crippen LogP contribution in [-0.2, 0) is 0 Å². The zero-order valence-corrected chi connectivity index (χ0v) is 11.6. The van der Waals surface area contributed by atoms with Gasteiger partial charge in [-0.15, -0.1) is 0 Å². The van der Waals surface area contributed by atoms with Crippen molar-refractivity contribution in [2.75, 3.05) is 23.7 Å². The highest BCUT2D eigenvalue weighted by molar-refractivity contribution is 6.00. The highest BCUT2D eigenvalue weighted by Gasteiger charge is 2.21. The molecule has 0 aliphatic rings. The number of anilines is 2. The molecule has 1 aromatic rings. The minimum Gasteiger partial charge on any atom is -0.478 e. The van der Waals surface area contributed by atoms with Crippen molar-refractivity contribution in [1.29, 1.82) is 0 Å². The summed E-state index contributed by atoms with van der Waals surface area (Å²) in [5.41, 5.74) is 5.59. The maximum atomic E-state index is 13.4. The Morgan fingerprint density at radius 2 is 2.11 bits per heavy atom. The maximum absolute atomic E-state index is 13.4. The molecule has 3 N–H and O–H groups in total. The van der Waals surface area contributed by atoms with Crippen LogP contribution < -0.4 is 10.6 Å². The number of nitrogens with zero attached hydrogens (tertiary/aromatic N) is 1. The van der Waals surface area contributed by atoms with Gasteiger partial charge in [0.1, 0.15) is 11.4 Å². The van der Waals surface area contributed by atoms with E-state index in [4.69, 9.17) is 5.73 Å². The second-order valence-electron chi connectivity index (χ2n) is 4.71. The van der Waals surface area contributed by atoms with Gasteiger partial charge in [-0.25, -0.2) is 9.18 Å². The van der Waals surface area contributed by atoms with Crippen LogP contribution in [0.3, 0.4) is 0 Å². The fraction of sp³-hybridized carbons (Fsp3) is 0.500. The van der Waals surface area contributed by atoms with Crippen LogP contribution >= 0.6 is 0 Å². The molecule has 19 heavy (non-hydrogen) atoms. The van der Waals surface area contributed by atoms with Crippen LogP contribution in [0.2, 0.25) is 0 Å². The lowest BCUT2D eigenvalue weighted by molar-refractivity contribution is 0.0698. The zero-order valence-electron chi connectivity index (χ0n) is 11.6. The molecule has 1 rings (SSSR count). The highest BCUT2D eigenvalue weighted by Crippen LogP contribution is 2.29. The largest absolute Gasteiger partial charge is 0.478 e. The standard InChI is InChI=1S/C14H21FN2O2/c1-4-9(3)8-17(5-2)11-7-6-10(15)13(16)12(11)14(18)19/h6-7,9H,4-5,8,16H2,1-3H3,(H,18,19). The summed E-state index contributed by atoms with van der Waals surface area (Å²) in [5.74, 6) is -1.47. The molecule has 0 aliphatic carbocycles. The van der Waals surface area contributed by atoms with Gasteiger partial charge in [0.25, 0.3) is 0 Å². The number of carboxylic acid groups (broad SMARTS) is 1. The smallest absolute Gasteiger partial charge is 0.340 e. The summed E-state index contributed by atoms with van der Waals surface area (Å²) in [6.07, 6.45) is 0.996. The van der Waals surface area contributed by atoms with Crippen LogP contribution in [0, 0.1) is 11.7 Å². The van der Waals surface area contributed by atoms with Gasteiger partial charge in [-0.05, 0) is 25.0 Å². The van der Waals surface area contributed by atoms with Gasteiger partial charge in [-0.2, -0.15) is 0 Å². The third-order valence-corrected chi connectivity index (χ3v) is 3.34. The normalized spacial score (nSPS) is 12.2. The Bertz CT molecular complexity index is 463. The molecule has 0 aliphatic heterocycles. The van der Waals surface area contributed by atoms with Gasteiger partial charge in [0, 0.05) is 13.1 Å². The van der Waals surface area contributed by atoms with E-state index in [1.807, 2.05) is 11.8 Å². The van der Waals surface area contributed by atoms with Crippen LogP contribution in [-0.4, -0.2) is 24.2 Å². The van der Waals surface area contributed by atoms with Crippen LogP contribution in [0.1, 0.15) is 37.6 Å². The monoisotopic (exact) mass is 268 g/mol. The van der Waals surface area contributed by atoms with E-state index in [0.29, 0.717) is 18.2 Å². The number of nitrogens with two attached hydrogens (primary N) is 1. The van der Waals surface area contributed by atoms with E-state index in [-0.39, 0.29) is 11.3 Å². The Labute approximate surface area is 113 Å². The fourth-order valence-electron chi connectivity index (χ4n) is 1.97. The van der Waals surface area contributed by atoms with Crippen molar-refractivity contribution in [2.24, 2.45) is 5.92 Å².